The van der Waals surface area contributed by atoms with Crippen LogP contribution < -0.4 is 0 Å². The maximum Gasteiger partial charge on any atom is 0.0404 e. The summed E-state index contributed by atoms with van der Waals surface area (Å²) in [6.45, 7) is 2.40. The second-order valence-electron chi connectivity index (χ2n) is 6.40. The van der Waals surface area contributed by atoms with E-state index in [2.05, 4.69) is 68.0 Å². The van der Waals surface area contributed by atoms with E-state index < -0.39 is 0 Å². The molecule has 106 valence electrons. The highest BCUT2D eigenvalue weighted by molar-refractivity contribution is 14.1. The fraction of sp³-hybridized carbons (Fsp3) is 0.333. The molecule has 1 nitrogen and oxygen atoms in total. The number of hydrogen-bond acceptors (Lipinski definition) is 2. The maximum atomic E-state index is 2.73. The topological polar surface area (TPSA) is 3.24 Å². The smallest absolute Gasteiger partial charge is 0.0404 e. The molecule has 1 aromatic heterocycles. The number of halogens is 1. The third kappa shape index (κ3) is 1.60. The van der Waals surface area contributed by atoms with E-state index in [1.54, 1.807) is 10.4 Å². The van der Waals surface area contributed by atoms with Crippen molar-refractivity contribution < 1.29 is 0 Å². The molecule has 1 fully saturated rings. The summed E-state index contributed by atoms with van der Waals surface area (Å²) in [4.78, 5) is 4.39. The van der Waals surface area contributed by atoms with Gasteiger partial charge in [-0.3, -0.25) is 4.90 Å². The number of benzene rings is 1. The summed E-state index contributed by atoms with van der Waals surface area (Å²) in [6, 6.07) is 9.64. The van der Waals surface area contributed by atoms with E-state index in [1.807, 2.05) is 11.3 Å². The highest BCUT2D eigenvalue weighted by Gasteiger charge is 2.53. The minimum atomic E-state index is 0.292. The molecule has 0 amide bonds. The average molecular weight is 405 g/mol. The Morgan fingerprint density at radius 3 is 3.14 bits per heavy atom. The van der Waals surface area contributed by atoms with Crippen molar-refractivity contribution in [3.63, 3.8) is 0 Å². The van der Waals surface area contributed by atoms with Crippen LogP contribution in [0, 0.1) is 0 Å². The minimum Gasteiger partial charge on any atom is -0.294 e. The van der Waals surface area contributed by atoms with E-state index in [4.69, 9.17) is 0 Å². The largest absolute Gasteiger partial charge is 0.294 e. The molecule has 1 saturated heterocycles. The second-order valence-corrected chi connectivity index (χ2v) is 8.08. The lowest BCUT2D eigenvalue weighted by Crippen LogP contribution is -2.46. The van der Waals surface area contributed by atoms with Gasteiger partial charge in [-0.05, 0) is 39.5 Å². The third-order valence-corrected chi connectivity index (χ3v) is 7.70. The standard InChI is InChI=1S/C18H16INS/c19-10-12-5-6-18-7-8-20(16(18)9-12)11-14-13-3-1-2-4-15(13)21-17(14)18/h1-6,10,16H,7-9,11H2/b12-10+/t16-,18+/m0/s1. The van der Waals surface area contributed by atoms with E-state index in [0.717, 1.165) is 6.54 Å². The molecule has 0 spiro atoms. The normalized spacial score (nSPS) is 35.2. The zero-order valence-corrected chi connectivity index (χ0v) is 14.7. The van der Waals surface area contributed by atoms with Gasteiger partial charge in [-0.15, -0.1) is 11.3 Å². The predicted molar refractivity (Wildman–Crippen MR) is 98.2 cm³/mol. The van der Waals surface area contributed by atoms with Gasteiger partial charge in [0.05, 0.1) is 0 Å². The zero-order chi connectivity index (χ0) is 14.0. The van der Waals surface area contributed by atoms with E-state index >= 15 is 0 Å². The molecule has 0 saturated carbocycles. The van der Waals surface area contributed by atoms with Crippen molar-refractivity contribution in [1.82, 2.24) is 4.90 Å². The molecule has 1 aliphatic carbocycles. The maximum absolute atomic E-state index is 2.73. The number of nitrogens with zero attached hydrogens (tertiary/aromatic N) is 1. The summed E-state index contributed by atoms with van der Waals surface area (Å²) >= 11 is 4.43. The predicted octanol–water partition coefficient (Wildman–Crippen LogP) is 5.01. The monoisotopic (exact) mass is 405 g/mol. The Balaban J connectivity index is 1.79. The molecule has 0 radical (unpaired) electrons. The molecule has 1 unspecified atom stereocenters. The van der Waals surface area contributed by atoms with Crippen molar-refractivity contribution >= 4 is 44.0 Å². The molecule has 3 heterocycles. The Hall–Kier alpha value is -0.650. The summed E-state index contributed by atoms with van der Waals surface area (Å²) < 4.78 is 3.72. The van der Waals surface area contributed by atoms with Gasteiger partial charge in [-0.25, -0.2) is 0 Å². The Morgan fingerprint density at radius 1 is 1.33 bits per heavy atom. The Morgan fingerprint density at radius 2 is 2.24 bits per heavy atom. The second kappa shape index (κ2) is 4.43. The van der Waals surface area contributed by atoms with Crippen LogP contribution in [0.5, 0.6) is 0 Å². The Labute approximate surface area is 142 Å². The lowest BCUT2D eigenvalue weighted by molar-refractivity contribution is 0.197. The first kappa shape index (κ1) is 12.9. The van der Waals surface area contributed by atoms with Gasteiger partial charge in [0.1, 0.15) is 0 Å². The molecule has 2 bridgehead atoms. The zero-order valence-electron chi connectivity index (χ0n) is 11.7. The number of hydrogen-bond donors (Lipinski definition) is 0. The number of rotatable bonds is 0. The average Bonchev–Trinajstić information content (AvgIpc) is 3.04. The van der Waals surface area contributed by atoms with Gasteiger partial charge in [-0.1, -0.05) is 52.9 Å². The van der Waals surface area contributed by atoms with Crippen molar-refractivity contribution in [2.24, 2.45) is 0 Å². The first-order valence-electron chi connectivity index (χ1n) is 7.55. The molecule has 3 aliphatic rings. The third-order valence-electron chi connectivity index (χ3n) is 5.49. The Bertz CT molecular complexity index is 803. The van der Waals surface area contributed by atoms with E-state index in [0.29, 0.717) is 11.5 Å². The molecule has 2 aliphatic heterocycles. The number of thiophene rings is 1. The van der Waals surface area contributed by atoms with Gasteiger partial charge in [0.2, 0.25) is 0 Å². The van der Waals surface area contributed by atoms with Crippen LogP contribution in [0.2, 0.25) is 0 Å². The molecule has 5 rings (SSSR count). The number of allylic oxidation sites excluding steroid dienone is 1. The van der Waals surface area contributed by atoms with Crippen LogP contribution >= 0.6 is 33.9 Å². The van der Waals surface area contributed by atoms with E-state index in [9.17, 15) is 0 Å². The van der Waals surface area contributed by atoms with Crippen LogP contribution in [0.1, 0.15) is 23.3 Å². The van der Waals surface area contributed by atoms with Crippen LogP contribution in [0.15, 0.2) is 46.1 Å². The molecular weight excluding hydrogens is 389 g/mol. The molecule has 1 aromatic carbocycles. The summed E-state index contributed by atoms with van der Waals surface area (Å²) in [5.74, 6) is 0. The van der Waals surface area contributed by atoms with Crippen molar-refractivity contribution in [3.05, 3.63) is 56.5 Å². The minimum absolute atomic E-state index is 0.292. The summed E-state index contributed by atoms with van der Waals surface area (Å²) in [6.07, 6.45) is 7.42. The molecular formula is C18H16INS. The highest BCUT2D eigenvalue weighted by Crippen LogP contribution is 2.55. The van der Waals surface area contributed by atoms with Crippen LogP contribution in [-0.2, 0) is 12.0 Å². The molecule has 0 N–H and O–H groups in total. The lowest BCUT2D eigenvalue weighted by atomic mass is 9.70. The van der Waals surface area contributed by atoms with Gasteiger partial charge in [0.25, 0.3) is 0 Å². The fourth-order valence-electron chi connectivity index (χ4n) is 4.48. The summed E-state index contributed by atoms with van der Waals surface area (Å²) in [5, 5.41) is 1.49. The van der Waals surface area contributed by atoms with Crippen molar-refractivity contribution in [2.45, 2.75) is 30.8 Å². The van der Waals surface area contributed by atoms with Crippen LogP contribution in [0.4, 0.5) is 0 Å². The van der Waals surface area contributed by atoms with Crippen molar-refractivity contribution in [3.8, 4) is 0 Å². The number of fused-ring (bicyclic) bond motifs is 3. The molecule has 21 heavy (non-hydrogen) atoms. The van der Waals surface area contributed by atoms with Crippen molar-refractivity contribution in [2.75, 3.05) is 6.54 Å². The van der Waals surface area contributed by atoms with E-state index in [-0.39, 0.29) is 0 Å². The van der Waals surface area contributed by atoms with Crippen molar-refractivity contribution in [1.29, 1.82) is 0 Å². The first-order valence-corrected chi connectivity index (χ1v) is 9.61. The van der Waals surface area contributed by atoms with Gasteiger partial charge in [-0.2, -0.15) is 0 Å². The van der Waals surface area contributed by atoms with Gasteiger partial charge < -0.3 is 0 Å². The molecule has 2 aromatic rings. The van der Waals surface area contributed by atoms with Gasteiger partial charge in [0, 0.05) is 34.1 Å². The Kier molecular flexibility index (Phi) is 2.71. The highest BCUT2D eigenvalue weighted by atomic mass is 127. The fourth-order valence-corrected chi connectivity index (χ4v) is 6.40. The SMILES string of the molecule is I/C=C1\C=C[C@]23CCN(Cc4c2sc2ccccc42)[C@H]3C1. The van der Waals surface area contributed by atoms with E-state index in [1.165, 1.54) is 35.0 Å². The van der Waals surface area contributed by atoms with Gasteiger partial charge >= 0.3 is 0 Å². The first-order chi connectivity index (χ1) is 10.3. The molecule has 3 heteroatoms. The quantitative estimate of drug-likeness (QED) is 0.558. The van der Waals surface area contributed by atoms with Crippen LogP contribution in [0.25, 0.3) is 10.1 Å². The lowest BCUT2D eigenvalue weighted by Gasteiger charge is -2.43. The molecule has 3 atom stereocenters. The van der Waals surface area contributed by atoms with Crippen LogP contribution in [-0.4, -0.2) is 17.5 Å². The summed E-state index contributed by atoms with van der Waals surface area (Å²) in [5.41, 5.74) is 3.39. The summed E-state index contributed by atoms with van der Waals surface area (Å²) in [7, 11) is 0. The van der Waals surface area contributed by atoms with Gasteiger partial charge in [0.15, 0.2) is 0 Å². The van der Waals surface area contributed by atoms with Crippen LogP contribution in [0.3, 0.4) is 0 Å².